The minimum atomic E-state index is -0.999. The molecule has 0 atom stereocenters. The third kappa shape index (κ3) is 4.21. The van der Waals surface area contributed by atoms with Crippen molar-refractivity contribution >= 4 is 39.6 Å². The summed E-state index contributed by atoms with van der Waals surface area (Å²) < 4.78 is 0.763. The van der Waals surface area contributed by atoms with Crippen molar-refractivity contribution in [2.75, 3.05) is 18.5 Å². The lowest BCUT2D eigenvalue weighted by atomic mass is 10.2. The molecule has 3 N–H and O–H groups in total. The van der Waals surface area contributed by atoms with Crippen molar-refractivity contribution in [1.82, 2.24) is 0 Å². The number of anilines is 1. The number of primary amides is 1. The molecule has 0 radical (unpaired) electrons. The second kappa shape index (κ2) is 6.20. The van der Waals surface area contributed by atoms with Crippen LogP contribution in [0.1, 0.15) is 5.56 Å². The molecular weight excluding hydrogens is 300 g/mol. The number of halogens is 1. The Balaban J connectivity index is 2.92. The molecule has 0 aromatic heterocycles. The van der Waals surface area contributed by atoms with Crippen LogP contribution in [0.4, 0.5) is 5.69 Å². The normalized spacial score (nSPS) is 10.6. The van der Waals surface area contributed by atoms with Crippen molar-refractivity contribution < 1.29 is 14.7 Å². The Labute approximate surface area is 113 Å². The minimum Gasteiger partial charge on any atom is -0.478 e. The smallest absolute Gasteiger partial charge is 0.328 e. The molecule has 0 fully saturated rings. The summed E-state index contributed by atoms with van der Waals surface area (Å²) in [5.41, 5.74) is 6.68. The van der Waals surface area contributed by atoms with Crippen LogP contribution in [0.3, 0.4) is 0 Å². The fraction of sp³-hybridized carbons (Fsp3) is 0.167. The summed E-state index contributed by atoms with van der Waals surface area (Å²) in [6.07, 6.45) is 2.56. The Kier molecular flexibility index (Phi) is 4.91. The number of carbonyl (C=O) groups excluding carboxylic acids is 1. The molecule has 0 aliphatic carbocycles. The molecule has 5 nitrogen and oxygen atoms in total. The molecule has 0 bridgehead atoms. The fourth-order valence-corrected chi connectivity index (χ4v) is 2.12. The topological polar surface area (TPSA) is 83.6 Å². The molecule has 0 saturated heterocycles. The molecule has 1 amide bonds. The first-order chi connectivity index (χ1) is 8.40. The maximum absolute atomic E-state index is 10.8. The van der Waals surface area contributed by atoms with Gasteiger partial charge in [-0.2, -0.15) is 0 Å². The molecule has 96 valence electrons. The third-order valence-electron chi connectivity index (χ3n) is 2.19. The van der Waals surface area contributed by atoms with Crippen molar-refractivity contribution in [3.63, 3.8) is 0 Å². The van der Waals surface area contributed by atoms with E-state index in [0.717, 1.165) is 21.8 Å². The highest BCUT2D eigenvalue weighted by Crippen LogP contribution is 2.26. The van der Waals surface area contributed by atoms with E-state index in [-0.39, 0.29) is 6.54 Å². The van der Waals surface area contributed by atoms with Gasteiger partial charge in [-0.1, -0.05) is 6.07 Å². The first kappa shape index (κ1) is 14.2. The highest BCUT2D eigenvalue weighted by Gasteiger charge is 2.08. The lowest BCUT2D eigenvalue weighted by Gasteiger charge is -2.19. The van der Waals surface area contributed by atoms with E-state index in [9.17, 15) is 9.59 Å². The van der Waals surface area contributed by atoms with Gasteiger partial charge in [0, 0.05) is 17.6 Å². The van der Waals surface area contributed by atoms with E-state index in [2.05, 4.69) is 15.9 Å². The molecule has 1 aromatic rings. The van der Waals surface area contributed by atoms with Gasteiger partial charge < -0.3 is 15.7 Å². The van der Waals surface area contributed by atoms with E-state index in [4.69, 9.17) is 10.8 Å². The standard InChI is InChI=1S/C12H13BrN2O3/c1-15(7-11(14)16)10-4-2-8(6-9(10)13)3-5-12(17)18/h2-6H,7H2,1H3,(H2,14,16)(H,17,18)/b5-3+. The Hall–Kier alpha value is -1.82. The quantitative estimate of drug-likeness (QED) is 0.806. The van der Waals surface area contributed by atoms with Crippen molar-refractivity contribution in [2.24, 2.45) is 5.73 Å². The molecule has 0 heterocycles. The molecule has 0 spiro atoms. The van der Waals surface area contributed by atoms with Crippen LogP contribution in [-0.2, 0) is 9.59 Å². The van der Waals surface area contributed by atoms with Crippen LogP contribution in [-0.4, -0.2) is 30.6 Å². The van der Waals surface area contributed by atoms with Crippen molar-refractivity contribution in [2.45, 2.75) is 0 Å². The van der Waals surface area contributed by atoms with E-state index in [1.165, 1.54) is 6.08 Å². The summed E-state index contributed by atoms with van der Waals surface area (Å²) in [5, 5.41) is 8.53. The molecule has 1 rings (SSSR count). The van der Waals surface area contributed by atoms with Gasteiger partial charge in [-0.3, -0.25) is 4.79 Å². The number of carboxylic acids is 1. The first-order valence-electron chi connectivity index (χ1n) is 5.10. The van der Waals surface area contributed by atoms with Crippen LogP contribution in [0.2, 0.25) is 0 Å². The number of hydrogen-bond donors (Lipinski definition) is 2. The number of benzene rings is 1. The number of nitrogens with zero attached hydrogens (tertiary/aromatic N) is 1. The summed E-state index contributed by atoms with van der Waals surface area (Å²) in [6, 6.07) is 5.32. The molecule has 0 saturated carbocycles. The van der Waals surface area contributed by atoms with Gasteiger partial charge in [0.05, 0.1) is 12.2 Å². The number of carboxylic acid groups (broad SMARTS) is 1. The second-order valence-corrected chi connectivity index (χ2v) is 4.56. The van der Waals surface area contributed by atoms with E-state index < -0.39 is 11.9 Å². The van der Waals surface area contributed by atoms with Crippen molar-refractivity contribution in [1.29, 1.82) is 0 Å². The van der Waals surface area contributed by atoms with E-state index >= 15 is 0 Å². The maximum Gasteiger partial charge on any atom is 0.328 e. The van der Waals surface area contributed by atoms with Gasteiger partial charge >= 0.3 is 5.97 Å². The molecule has 0 aliphatic rings. The highest BCUT2D eigenvalue weighted by atomic mass is 79.9. The fourth-order valence-electron chi connectivity index (χ4n) is 1.42. The van der Waals surface area contributed by atoms with Crippen LogP contribution in [0.15, 0.2) is 28.7 Å². The van der Waals surface area contributed by atoms with Gasteiger partial charge in [0.25, 0.3) is 0 Å². The van der Waals surface area contributed by atoms with Gasteiger partial charge in [0.1, 0.15) is 0 Å². The van der Waals surface area contributed by atoms with Crippen LogP contribution in [0.5, 0.6) is 0 Å². The number of carbonyl (C=O) groups is 2. The lowest BCUT2D eigenvalue weighted by Crippen LogP contribution is -2.30. The molecule has 1 aromatic carbocycles. The molecular formula is C12H13BrN2O3. The summed E-state index contributed by atoms with van der Waals surface area (Å²) in [5.74, 6) is -1.42. The zero-order valence-corrected chi connectivity index (χ0v) is 11.3. The monoisotopic (exact) mass is 312 g/mol. The highest BCUT2D eigenvalue weighted by molar-refractivity contribution is 9.10. The average molecular weight is 313 g/mol. The third-order valence-corrected chi connectivity index (χ3v) is 2.83. The van der Waals surface area contributed by atoms with Gasteiger partial charge in [0.15, 0.2) is 0 Å². The summed E-state index contributed by atoms with van der Waals surface area (Å²) in [7, 11) is 1.75. The van der Waals surface area contributed by atoms with Gasteiger partial charge in [0.2, 0.25) is 5.91 Å². The number of aliphatic carboxylic acids is 1. The maximum atomic E-state index is 10.8. The van der Waals surface area contributed by atoms with Crippen LogP contribution < -0.4 is 10.6 Å². The lowest BCUT2D eigenvalue weighted by molar-refractivity contribution is -0.131. The van der Waals surface area contributed by atoms with Crippen LogP contribution in [0.25, 0.3) is 6.08 Å². The number of nitrogens with two attached hydrogens (primary N) is 1. The number of likely N-dealkylation sites (N-methyl/N-ethyl adjacent to an activating group) is 1. The Morgan fingerprint density at radius 2 is 2.17 bits per heavy atom. The van der Waals surface area contributed by atoms with Gasteiger partial charge in [-0.25, -0.2) is 4.79 Å². The number of hydrogen-bond acceptors (Lipinski definition) is 3. The van der Waals surface area contributed by atoms with E-state index in [1.54, 1.807) is 30.1 Å². The molecule has 0 aliphatic heterocycles. The predicted molar refractivity (Wildman–Crippen MR) is 73.3 cm³/mol. The van der Waals surface area contributed by atoms with Crippen molar-refractivity contribution in [3.8, 4) is 0 Å². The van der Waals surface area contributed by atoms with E-state index in [1.807, 2.05) is 0 Å². The van der Waals surface area contributed by atoms with Crippen molar-refractivity contribution in [3.05, 3.63) is 34.3 Å². The Morgan fingerprint density at radius 1 is 1.50 bits per heavy atom. The Bertz CT molecular complexity index is 500. The largest absolute Gasteiger partial charge is 0.478 e. The number of amides is 1. The predicted octanol–water partition coefficient (Wildman–Crippen LogP) is 1.47. The second-order valence-electron chi connectivity index (χ2n) is 3.70. The SMILES string of the molecule is CN(CC(N)=O)c1ccc(/C=C/C(=O)O)cc1Br. The van der Waals surface area contributed by atoms with Gasteiger partial charge in [-0.15, -0.1) is 0 Å². The zero-order chi connectivity index (χ0) is 13.7. The number of rotatable bonds is 5. The van der Waals surface area contributed by atoms with Gasteiger partial charge in [-0.05, 0) is 39.7 Å². The van der Waals surface area contributed by atoms with Crippen LogP contribution >= 0.6 is 15.9 Å². The zero-order valence-electron chi connectivity index (χ0n) is 9.76. The van der Waals surface area contributed by atoms with E-state index in [0.29, 0.717) is 0 Å². The molecule has 18 heavy (non-hydrogen) atoms. The Morgan fingerprint density at radius 3 is 2.67 bits per heavy atom. The summed E-state index contributed by atoms with van der Waals surface area (Å²) in [4.78, 5) is 22.9. The summed E-state index contributed by atoms with van der Waals surface area (Å²) >= 11 is 3.37. The van der Waals surface area contributed by atoms with Crippen LogP contribution in [0, 0.1) is 0 Å². The minimum absolute atomic E-state index is 0.114. The average Bonchev–Trinajstić information content (AvgIpc) is 2.25. The molecule has 0 unspecified atom stereocenters. The summed E-state index contributed by atoms with van der Waals surface area (Å²) in [6.45, 7) is 0.114. The molecule has 6 heteroatoms. The first-order valence-corrected chi connectivity index (χ1v) is 5.89.